The average Bonchev–Trinajstić information content (AvgIpc) is 2.88. The molecular formula is C17H25N3. The molecule has 3 N–H and O–H groups in total. The lowest BCUT2D eigenvalue weighted by Crippen LogP contribution is -2.40. The molecule has 3 nitrogen and oxygen atoms in total. The van der Waals surface area contributed by atoms with E-state index < -0.39 is 0 Å². The Morgan fingerprint density at radius 2 is 1.95 bits per heavy atom. The first kappa shape index (κ1) is 13.6. The van der Waals surface area contributed by atoms with Crippen LogP contribution in [-0.4, -0.2) is 29.9 Å². The van der Waals surface area contributed by atoms with Crippen LogP contribution >= 0.6 is 0 Å². The number of amidine groups is 1. The van der Waals surface area contributed by atoms with Crippen molar-refractivity contribution in [3.63, 3.8) is 0 Å². The van der Waals surface area contributed by atoms with Gasteiger partial charge in [0.2, 0.25) is 0 Å². The molecule has 1 saturated heterocycles. The van der Waals surface area contributed by atoms with E-state index in [2.05, 4.69) is 17.0 Å². The van der Waals surface area contributed by atoms with Gasteiger partial charge in [0.25, 0.3) is 0 Å². The molecule has 0 spiro atoms. The number of nitrogens with zero attached hydrogens (tertiary/aromatic N) is 1. The molecule has 1 aliphatic carbocycles. The van der Waals surface area contributed by atoms with E-state index in [-0.39, 0.29) is 5.92 Å². The largest absolute Gasteiger partial charge is 0.387 e. The Bertz CT molecular complexity index is 457. The quantitative estimate of drug-likeness (QED) is 0.653. The molecule has 3 heteroatoms. The molecule has 2 aliphatic rings. The Morgan fingerprint density at radius 1 is 1.20 bits per heavy atom. The molecular weight excluding hydrogens is 246 g/mol. The zero-order valence-electron chi connectivity index (χ0n) is 12.1. The van der Waals surface area contributed by atoms with Crippen LogP contribution in [0.2, 0.25) is 0 Å². The highest BCUT2D eigenvalue weighted by atomic mass is 15.2. The first-order chi connectivity index (χ1) is 9.75. The van der Waals surface area contributed by atoms with Crippen LogP contribution in [0.5, 0.6) is 0 Å². The van der Waals surface area contributed by atoms with Gasteiger partial charge in [-0.3, -0.25) is 10.3 Å². The molecule has 0 amide bonds. The highest BCUT2D eigenvalue weighted by molar-refractivity contribution is 5.84. The predicted molar refractivity (Wildman–Crippen MR) is 83.0 cm³/mol. The second-order valence-corrected chi connectivity index (χ2v) is 6.31. The Balaban J connectivity index is 1.72. The molecule has 3 rings (SSSR count). The van der Waals surface area contributed by atoms with Gasteiger partial charge < -0.3 is 5.73 Å². The van der Waals surface area contributed by atoms with Gasteiger partial charge >= 0.3 is 0 Å². The summed E-state index contributed by atoms with van der Waals surface area (Å²) in [6.07, 6.45) is 6.85. The van der Waals surface area contributed by atoms with Crippen LogP contribution in [0.15, 0.2) is 30.3 Å². The molecule has 0 bridgehead atoms. The molecule has 1 aromatic carbocycles. The summed E-state index contributed by atoms with van der Waals surface area (Å²) in [5.41, 5.74) is 7.05. The molecule has 1 saturated carbocycles. The third-order valence-corrected chi connectivity index (χ3v) is 5.12. The van der Waals surface area contributed by atoms with Crippen molar-refractivity contribution in [1.82, 2.24) is 4.90 Å². The SMILES string of the molecule is N=C(N)C(CN1CCC2CCCCC21)c1ccccc1. The zero-order valence-corrected chi connectivity index (χ0v) is 12.1. The Labute approximate surface area is 121 Å². The molecule has 1 heterocycles. The average molecular weight is 271 g/mol. The van der Waals surface area contributed by atoms with E-state index in [1.54, 1.807) is 0 Å². The van der Waals surface area contributed by atoms with Crippen molar-refractivity contribution in [3.8, 4) is 0 Å². The lowest BCUT2D eigenvalue weighted by Gasteiger charge is -2.33. The number of nitrogens with two attached hydrogens (primary N) is 1. The van der Waals surface area contributed by atoms with Crippen LogP contribution in [0.3, 0.4) is 0 Å². The summed E-state index contributed by atoms with van der Waals surface area (Å²) in [7, 11) is 0. The van der Waals surface area contributed by atoms with Gasteiger partial charge in [-0.2, -0.15) is 0 Å². The van der Waals surface area contributed by atoms with E-state index in [0.717, 1.165) is 18.5 Å². The van der Waals surface area contributed by atoms with Crippen molar-refractivity contribution < 1.29 is 0 Å². The molecule has 108 valence electrons. The lowest BCUT2D eigenvalue weighted by molar-refractivity contribution is 0.181. The smallest absolute Gasteiger partial charge is 0.0995 e. The minimum atomic E-state index is 0.0527. The van der Waals surface area contributed by atoms with Crippen molar-refractivity contribution in [2.45, 2.75) is 44.1 Å². The van der Waals surface area contributed by atoms with Gasteiger partial charge in [0.15, 0.2) is 0 Å². The van der Waals surface area contributed by atoms with Crippen LogP contribution in [0.25, 0.3) is 0 Å². The minimum absolute atomic E-state index is 0.0527. The number of nitrogens with one attached hydrogen (secondary N) is 1. The van der Waals surface area contributed by atoms with Gasteiger partial charge in [-0.1, -0.05) is 43.2 Å². The van der Waals surface area contributed by atoms with E-state index in [4.69, 9.17) is 11.1 Å². The van der Waals surface area contributed by atoms with Gasteiger partial charge in [-0.25, -0.2) is 0 Å². The van der Waals surface area contributed by atoms with Gasteiger partial charge in [0, 0.05) is 12.6 Å². The van der Waals surface area contributed by atoms with Crippen LogP contribution in [-0.2, 0) is 0 Å². The second kappa shape index (κ2) is 5.96. The minimum Gasteiger partial charge on any atom is -0.387 e. The summed E-state index contributed by atoms with van der Waals surface area (Å²) in [5, 5.41) is 7.94. The van der Waals surface area contributed by atoms with Crippen molar-refractivity contribution in [1.29, 1.82) is 5.41 Å². The molecule has 3 unspecified atom stereocenters. The molecule has 1 aliphatic heterocycles. The third kappa shape index (κ3) is 2.73. The molecule has 0 aromatic heterocycles. The number of fused-ring (bicyclic) bond motifs is 1. The Morgan fingerprint density at radius 3 is 2.70 bits per heavy atom. The molecule has 1 aromatic rings. The van der Waals surface area contributed by atoms with Crippen LogP contribution < -0.4 is 5.73 Å². The Hall–Kier alpha value is -1.35. The maximum atomic E-state index is 7.94. The normalized spacial score (nSPS) is 28.0. The van der Waals surface area contributed by atoms with Crippen LogP contribution in [0.1, 0.15) is 43.6 Å². The van der Waals surface area contributed by atoms with Crippen molar-refractivity contribution >= 4 is 5.84 Å². The first-order valence-electron chi connectivity index (χ1n) is 7.88. The van der Waals surface area contributed by atoms with Gasteiger partial charge in [0.05, 0.1) is 11.8 Å². The zero-order chi connectivity index (χ0) is 13.9. The maximum Gasteiger partial charge on any atom is 0.0995 e. The Kier molecular flexibility index (Phi) is 4.06. The summed E-state index contributed by atoms with van der Waals surface area (Å²) in [6.45, 7) is 2.10. The highest BCUT2D eigenvalue weighted by Gasteiger charge is 2.36. The van der Waals surface area contributed by atoms with E-state index in [1.165, 1.54) is 44.2 Å². The monoisotopic (exact) mass is 271 g/mol. The van der Waals surface area contributed by atoms with Gasteiger partial charge in [0.1, 0.15) is 0 Å². The number of benzene rings is 1. The van der Waals surface area contributed by atoms with E-state index in [9.17, 15) is 0 Å². The predicted octanol–water partition coefficient (Wildman–Crippen LogP) is 2.97. The third-order valence-electron chi connectivity index (χ3n) is 5.12. The standard InChI is InChI=1S/C17H25N3/c18-17(19)15(13-6-2-1-3-7-13)12-20-11-10-14-8-4-5-9-16(14)20/h1-3,6-7,14-16H,4-5,8-12H2,(H3,18,19). The fourth-order valence-corrected chi connectivity index (χ4v) is 4.03. The van der Waals surface area contributed by atoms with E-state index >= 15 is 0 Å². The van der Waals surface area contributed by atoms with E-state index in [0.29, 0.717) is 5.84 Å². The topological polar surface area (TPSA) is 53.1 Å². The molecule has 0 radical (unpaired) electrons. The molecule has 20 heavy (non-hydrogen) atoms. The fourth-order valence-electron chi connectivity index (χ4n) is 4.03. The lowest BCUT2D eigenvalue weighted by atomic mass is 9.85. The summed E-state index contributed by atoms with van der Waals surface area (Å²) in [5.74, 6) is 1.25. The number of likely N-dealkylation sites (tertiary alicyclic amines) is 1. The number of rotatable bonds is 4. The first-order valence-corrected chi connectivity index (χ1v) is 7.88. The summed E-state index contributed by atoms with van der Waals surface area (Å²) in [4.78, 5) is 2.60. The van der Waals surface area contributed by atoms with Crippen molar-refractivity contribution in [2.24, 2.45) is 11.7 Å². The molecule has 2 fully saturated rings. The van der Waals surface area contributed by atoms with Crippen LogP contribution in [0, 0.1) is 11.3 Å². The molecule has 3 atom stereocenters. The highest BCUT2D eigenvalue weighted by Crippen LogP contribution is 2.37. The van der Waals surface area contributed by atoms with Gasteiger partial charge in [-0.05, 0) is 37.3 Å². The summed E-state index contributed by atoms with van der Waals surface area (Å²) >= 11 is 0. The van der Waals surface area contributed by atoms with Crippen LogP contribution in [0.4, 0.5) is 0 Å². The van der Waals surface area contributed by atoms with E-state index in [1.807, 2.05) is 18.2 Å². The second-order valence-electron chi connectivity index (χ2n) is 6.31. The fraction of sp³-hybridized carbons (Fsp3) is 0.588. The number of hydrogen-bond acceptors (Lipinski definition) is 2. The van der Waals surface area contributed by atoms with Crippen molar-refractivity contribution in [2.75, 3.05) is 13.1 Å². The summed E-state index contributed by atoms with van der Waals surface area (Å²) < 4.78 is 0. The van der Waals surface area contributed by atoms with Gasteiger partial charge in [-0.15, -0.1) is 0 Å². The summed E-state index contributed by atoms with van der Waals surface area (Å²) in [6, 6.07) is 11.0. The number of hydrogen-bond donors (Lipinski definition) is 2. The maximum absolute atomic E-state index is 7.94. The van der Waals surface area contributed by atoms with Crippen molar-refractivity contribution in [3.05, 3.63) is 35.9 Å².